The van der Waals surface area contributed by atoms with Gasteiger partial charge in [0.15, 0.2) is 0 Å². The molecule has 1 saturated carbocycles. The van der Waals surface area contributed by atoms with Crippen LogP contribution in [-0.4, -0.2) is 41.2 Å². The molecule has 6 heteroatoms. The minimum atomic E-state index is -0.0627. The summed E-state index contributed by atoms with van der Waals surface area (Å²) >= 11 is 0. The Morgan fingerprint density at radius 1 is 1.52 bits per heavy atom. The third kappa shape index (κ3) is 2.96. The molecule has 4 rings (SSSR count). The number of carbonyl (C=O) groups is 1. The second kappa shape index (κ2) is 5.94. The molecule has 2 aliphatic rings. The fourth-order valence-corrected chi connectivity index (χ4v) is 3.50. The number of aromatic nitrogens is 2. The summed E-state index contributed by atoms with van der Waals surface area (Å²) in [5.74, 6) is 1.18. The van der Waals surface area contributed by atoms with E-state index in [9.17, 15) is 4.79 Å². The molecule has 1 aliphatic carbocycles. The molecule has 23 heavy (non-hydrogen) atoms. The smallest absolute Gasteiger partial charge is 0.246 e. The Hall–Kier alpha value is -1.92. The number of carbonyl (C=O) groups excluding carboxylic acids is 1. The summed E-state index contributed by atoms with van der Waals surface area (Å²) in [4.78, 5) is 19.6. The predicted molar refractivity (Wildman–Crippen MR) is 84.9 cm³/mol. The Balaban J connectivity index is 1.25. The highest BCUT2D eigenvalue weighted by atomic mass is 16.5. The SMILES string of the molecule is Cc1ccc2nc(COCC(=O)N[C@@H]3C[C@H]4OCC[C@@H]34)[nH]c2c1. The number of ether oxygens (including phenoxy) is 2. The van der Waals surface area contributed by atoms with Gasteiger partial charge in [0.2, 0.25) is 5.91 Å². The molecule has 2 heterocycles. The lowest BCUT2D eigenvalue weighted by molar-refractivity contribution is -0.129. The van der Waals surface area contributed by atoms with E-state index in [1.165, 1.54) is 5.56 Å². The van der Waals surface area contributed by atoms with E-state index in [4.69, 9.17) is 9.47 Å². The molecule has 1 aliphatic heterocycles. The van der Waals surface area contributed by atoms with Crippen molar-refractivity contribution in [3.8, 4) is 0 Å². The summed E-state index contributed by atoms with van der Waals surface area (Å²) < 4.78 is 11.0. The topological polar surface area (TPSA) is 76.2 Å². The molecule has 2 fully saturated rings. The first-order chi connectivity index (χ1) is 11.2. The summed E-state index contributed by atoms with van der Waals surface area (Å²) in [5.41, 5.74) is 3.10. The monoisotopic (exact) mass is 315 g/mol. The number of benzene rings is 1. The number of imidazole rings is 1. The lowest BCUT2D eigenvalue weighted by Gasteiger charge is -2.39. The van der Waals surface area contributed by atoms with E-state index < -0.39 is 0 Å². The van der Waals surface area contributed by atoms with Crippen LogP contribution in [-0.2, 0) is 20.9 Å². The first kappa shape index (κ1) is 14.7. The number of aryl methyl sites for hydroxylation is 1. The number of amides is 1. The maximum Gasteiger partial charge on any atom is 0.246 e. The first-order valence-electron chi connectivity index (χ1n) is 8.13. The van der Waals surface area contributed by atoms with Crippen LogP contribution in [0, 0.1) is 12.8 Å². The molecule has 0 unspecified atom stereocenters. The fraction of sp³-hybridized carbons (Fsp3) is 0.529. The maximum absolute atomic E-state index is 11.9. The Morgan fingerprint density at radius 3 is 3.30 bits per heavy atom. The molecule has 6 nitrogen and oxygen atoms in total. The van der Waals surface area contributed by atoms with Crippen LogP contribution < -0.4 is 5.32 Å². The molecular weight excluding hydrogens is 294 g/mol. The fourth-order valence-electron chi connectivity index (χ4n) is 3.50. The second-order valence-corrected chi connectivity index (χ2v) is 6.47. The van der Waals surface area contributed by atoms with Gasteiger partial charge in [0.25, 0.3) is 0 Å². The number of hydrogen-bond donors (Lipinski definition) is 2. The third-order valence-electron chi connectivity index (χ3n) is 4.77. The van der Waals surface area contributed by atoms with Crippen LogP contribution in [0.15, 0.2) is 18.2 Å². The zero-order valence-electron chi connectivity index (χ0n) is 13.2. The number of nitrogens with one attached hydrogen (secondary N) is 2. The largest absolute Gasteiger partial charge is 0.378 e. The van der Waals surface area contributed by atoms with Crippen LogP contribution in [0.3, 0.4) is 0 Å². The number of aromatic amines is 1. The van der Waals surface area contributed by atoms with Crippen LogP contribution in [0.4, 0.5) is 0 Å². The lowest BCUT2D eigenvalue weighted by Crippen LogP contribution is -2.54. The zero-order chi connectivity index (χ0) is 15.8. The molecule has 1 aromatic heterocycles. The molecule has 0 bridgehead atoms. The van der Waals surface area contributed by atoms with Gasteiger partial charge in [-0.2, -0.15) is 0 Å². The zero-order valence-corrected chi connectivity index (χ0v) is 13.2. The molecule has 1 amide bonds. The van der Waals surface area contributed by atoms with Crippen molar-refractivity contribution in [1.82, 2.24) is 15.3 Å². The van der Waals surface area contributed by atoms with E-state index in [0.29, 0.717) is 18.6 Å². The standard InChI is InChI=1S/C17H21N3O3/c1-10-2-3-12-14(6-10)19-16(18-12)8-22-9-17(21)20-13-7-15-11(13)4-5-23-15/h2-3,6,11,13,15H,4-5,7-9H2,1H3,(H,18,19)(H,20,21)/t11-,13+,15+/m0/s1. The van der Waals surface area contributed by atoms with Gasteiger partial charge in [0.1, 0.15) is 19.0 Å². The van der Waals surface area contributed by atoms with E-state index in [2.05, 4.69) is 21.4 Å². The Bertz CT molecular complexity index is 727. The van der Waals surface area contributed by atoms with Gasteiger partial charge in [-0.3, -0.25) is 4.79 Å². The quantitative estimate of drug-likeness (QED) is 0.880. The second-order valence-electron chi connectivity index (χ2n) is 6.47. The van der Waals surface area contributed by atoms with Gasteiger partial charge in [-0.05, 0) is 37.5 Å². The van der Waals surface area contributed by atoms with Crippen LogP contribution in [0.1, 0.15) is 24.2 Å². The molecule has 122 valence electrons. The van der Waals surface area contributed by atoms with E-state index in [1.54, 1.807) is 0 Å². The van der Waals surface area contributed by atoms with Crippen molar-refractivity contribution < 1.29 is 14.3 Å². The van der Waals surface area contributed by atoms with Crippen LogP contribution in [0.25, 0.3) is 11.0 Å². The summed E-state index contributed by atoms with van der Waals surface area (Å²) in [6.45, 7) is 3.23. The minimum Gasteiger partial charge on any atom is -0.378 e. The predicted octanol–water partition coefficient (Wildman–Crippen LogP) is 1.68. The maximum atomic E-state index is 11.9. The highest BCUT2D eigenvalue weighted by Gasteiger charge is 2.45. The summed E-state index contributed by atoms with van der Waals surface area (Å²) in [7, 11) is 0. The van der Waals surface area contributed by atoms with E-state index >= 15 is 0 Å². The summed E-state index contributed by atoms with van der Waals surface area (Å²) in [6.07, 6.45) is 2.34. The molecule has 3 atom stereocenters. The average molecular weight is 315 g/mol. The third-order valence-corrected chi connectivity index (χ3v) is 4.77. The summed E-state index contributed by atoms with van der Waals surface area (Å²) in [5, 5.41) is 3.03. The number of hydrogen-bond acceptors (Lipinski definition) is 4. The van der Waals surface area contributed by atoms with Crippen LogP contribution in [0.5, 0.6) is 0 Å². The van der Waals surface area contributed by atoms with Gasteiger partial charge in [0, 0.05) is 18.6 Å². The average Bonchev–Trinajstić information content (AvgIpc) is 3.07. The van der Waals surface area contributed by atoms with Crippen LogP contribution in [0.2, 0.25) is 0 Å². The number of rotatable bonds is 5. The first-order valence-corrected chi connectivity index (χ1v) is 8.13. The van der Waals surface area contributed by atoms with E-state index in [1.807, 2.05) is 19.1 Å². The molecule has 2 N–H and O–H groups in total. The van der Waals surface area contributed by atoms with Crippen molar-refractivity contribution in [2.45, 2.75) is 38.5 Å². The summed E-state index contributed by atoms with van der Waals surface area (Å²) in [6, 6.07) is 6.32. The van der Waals surface area contributed by atoms with Crippen molar-refractivity contribution in [3.63, 3.8) is 0 Å². The van der Waals surface area contributed by atoms with Gasteiger partial charge in [-0.25, -0.2) is 4.98 Å². The van der Waals surface area contributed by atoms with Gasteiger partial charge < -0.3 is 19.8 Å². The molecule has 0 radical (unpaired) electrons. The number of fused-ring (bicyclic) bond motifs is 2. The highest BCUT2D eigenvalue weighted by molar-refractivity contribution is 5.78. The van der Waals surface area contributed by atoms with Crippen molar-refractivity contribution in [2.75, 3.05) is 13.2 Å². The number of nitrogens with zero attached hydrogens (tertiary/aromatic N) is 1. The van der Waals surface area contributed by atoms with Crippen molar-refractivity contribution in [1.29, 1.82) is 0 Å². The van der Waals surface area contributed by atoms with Gasteiger partial charge in [-0.15, -0.1) is 0 Å². The number of H-pyrrole nitrogens is 1. The van der Waals surface area contributed by atoms with Gasteiger partial charge in [-0.1, -0.05) is 6.07 Å². The molecule has 1 saturated heterocycles. The van der Waals surface area contributed by atoms with Crippen molar-refractivity contribution in [2.24, 2.45) is 5.92 Å². The van der Waals surface area contributed by atoms with E-state index in [0.717, 1.165) is 36.3 Å². The van der Waals surface area contributed by atoms with E-state index in [-0.39, 0.29) is 18.6 Å². The van der Waals surface area contributed by atoms with Gasteiger partial charge >= 0.3 is 0 Å². The minimum absolute atomic E-state index is 0.0603. The Labute approximate surface area is 134 Å². The van der Waals surface area contributed by atoms with Crippen LogP contribution >= 0.6 is 0 Å². The Kier molecular flexibility index (Phi) is 3.79. The van der Waals surface area contributed by atoms with Crippen molar-refractivity contribution >= 4 is 16.9 Å². The Morgan fingerprint density at radius 2 is 2.43 bits per heavy atom. The molecule has 0 spiro atoms. The highest BCUT2D eigenvalue weighted by Crippen LogP contribution is 2.38. The molecule has 2 aromatic rings. The van der Waals surface area contributed by atoms with Crippen molar-refractivity contribution in [3.05, 3.63) is 29.6 Å². The molecule has 1 aromatic carbocycles. The molecular formula is C17H21N3O3. The lowest BCUT2D eigenvalue weighted by atomic mass is 9.76. The van der Waals surface area contributed by atoms with Gasteiger partial charge in [0.05, 0.1) is 17.1 Å². The normalized spacial score (nSPS) is 26.0.